The van der Waals surface area contributed by atoms with Crippen LogP contribution < -0.4 is 15.4 Å². The summed E-state index contributed by atoms with van der Waals surface area (Å²) in [7, 11) is 0. The summed E-state index contributed by atoms with van der Waals surface area (Å²) in [4.78, 5) is 14.1. The number of fused-ring (bicyclic) bond motifs is 1. The molecule has 108 valence electrons. The maximum atomic E-state index is 12.4. The van der Waals surface area contributed by atoms with Gasteiger partial charge >= 0.3 is 0 Å². The zero-order chi connectivity index (χ0) is 14.7. The first kappa shape index (κ1) is 13.6. The van der Waals surface area contributed by atoms with E-state index in [-0.39, 0.29) is 5.91 Å². The second kappa shape index (κ2) is 5.97. The van der Waals surface area contributed by atoms with Gasteiger partial charge in [0.25, 0.3) is 0 Å². The SMILES string of the molecule is NCc1cccc(CN2C(=O)CCOc3ccccc32)c1. The lowest BCUT2D eigenvalue weighted by atomic mass is 10.1. The van der Waals surface area contributed by atoms with Gasteiger partial charge in [0.15, 0.2) is 0 Å². The molecule has 0 unspecified atom stereocenters. The average Bonchev–Trinajstić information content (AvgIpc) is 2.68. The minimum absolute atomic E-state index is 0.0816. The Balaban J connectivity index is 1.93. The zero-order valence-electron chi connectivity index (χ0n) is 11.8. The molecule has 4 nitrogen and oxygen atoms in total. The van der Waals surface area contributed by atoms with Gasteiger partial charge in [0.2, 0.25) is 5.91 Å². The summed E-state index contributed by atoms with van der Waals surface area (Å²) >= 11 is 0. The van der Waals surface area contributed by atoms with Crippen LogP contribution in [0.4, 0.5) is 5.69 Å². The number of nitrogens with two attached hydrogens (primary N) is 1. The number of carbonyl (C=O) groups is 1. The molecular formula is C17H18N2O2. The van der Waals surface area contributed by atoms with Crippen LogP contribution in [0.5, 0.6) is 5.75 Å². The molecule has 0 spiro atoms. The fourth-order valence-corrected chi connectivity index (χ4v) is 2.53. The first-order chi connectivity index (χ1) is 10.3. The highest BCUT2D eigenvalue weighted by atomic mass is 16.5. The summed E-state index contributed by atoms with van der Waals surface area (Å²) < 4.78 is 5.65. The van der Waals surface area contributed by atoms with Crippen molar-refractivity contribution in [2.75, 3.05) is 11.5 Å². The van der Waals surface area contributed by atoms with Gasteiger partial charge in [0.05, 0.1) is 25.3 Å². The van der Waals surface area contributed by atoms with Crippen LogP contribution in [-0.2, 0) is 17.9 Å². The van der Waals surface area contributed by atoms with Gasteiger partial charge in [0, 0.05) is 6.54 Å². The summed E-state index contributed by atoms with van der Waals surface area (Å²) in [6.07, 6.45) is 0.394. The number of amides is 1. The highest BCUT2D eigenvalue weighted by Gasteiger charge is 2.22. The molecule has 1 amide bonds. The maximum absolute atomic E-state index is 12.4. The highest BCUT2D eigenvalue weighted by Crippen LogP contribution is 2.32. The minimum atomic E-state index is 0.0816. The number of anilines is 1. The van der Waals surface area contributed by atoms with Crippen molar-refractivity contribution in [3.8, 4) is 5.75 Å². The molecule has 0 saturated carbocycles. The van der Waals surface area contributed by atoms with E-state index in [1.54, 1.807) is 4.90 Å². The molecule has 1 heterocycles. The van der Waals surface area contributed by atoms with E-state index in [1.165, 1.54) is 0 Å². The van der Waals surface area contributed by atoms with Crippen LogP contribution in [0.2, 0.25) is 0 Å². The summed E-state index contributed by atoms with van der Waals surface area (Å²) in [5.41, 5.74) is 8.65. The molecule has 2 N–H and O–H groups in total. The van der Waals surface area contributed by atoms with Crippen molar-refractivity contribution in [3.63, 3.8) is 0 Å². The van der Waals surface area contributed by atoms with Crippen molar-refractivity contribution >= 4 is 11.6 Å². The number of benzene rings is 2. The summed E-state index contributed by atoms with van der Waals surface area (Å²) in [6, 6.07) is 15.7. The second-order valence-electron chi connectivity index (χ2n) is 5.07. The van der Waals surface area contributed by atoms with E-state index in [0.717, 1.165) is 22.6 Å². The number of para-hydroxylation sites is 2. The van der Waals surface area contributed by atoms with E-state index in [2.05, 4.69) is 0 Å². The Bertz CT molecular complexity index is 655. The van der Waals surface area contributed by atoms with Crippen LogP contribution >= 0.6 is 0 Å². The summed E-state index contributed by atoms with van der Waals surface area (Å²) in [5.74, 6) is 0.844. The van der Waals surface area contributed by atoms with Gasteiger partial charge in [-0.05, 0) is 23.3 Å². The number of carbonyl (C=O) groups excluding carboxylic acids is 1. The van der Waals surface area contributed by atoms with E-state index in [0.29, 0.717) is 26.1 Å². The van der Waals surface area contributed by atoms with Crippen LogP contribution in [0.3, 0.4) is 0 Å². The van der Waals surface area contributed by atoms with Crippen molar-refractivity contribution in [3.05, 3.63) is 59.7 Å². The normalized spacial score (nSPS) is 14.3. The second-order valence-corrected chi connectivity index (χ2v) is 5.07. The van der Waals surface area contributed by atoms with Crippen LogP contribution in [-0.4, -0.2) is 12.5 Å². The monoisotopic (exact) mass is 282 g/mol. The molecule has 4 heteroatoms. The number of rotatable bonds is 3. The number of hydrogen-bond acceptors (Lipinski definition) is 3. The molecule has 1 aliphatic heterocycles. The molecule has 0 bridgehead atoms. The third kappa shape index (κ3) is 2.90. The maximum Gasteiger partial charge on any atom is 0.230 e. The lowest BCUT2D eigenvalue weighted by molar-refractivity contribution is -0.118. The van der Waals surface area contributed by atoms with Crippen LogP contribution in [0.25, 0.3) is 0 Å². The molecule has 2 aromatic carbocycles. The van der Waals surface area contributed by atoms with Gasteiger partial charge in [-0.3, -0.25) is 4.79 Å². The van der Waals surface area contributed by atoms with E-state index < -0.39 is 0 Å². The molecule has 3 rings (SSSR count). The van der Waals surface area contributed by atoms with Crippen LogP contribution in [0.1, 0.15) is 17.5 Å². The summed E-state index contributed by atoms with van der Waals surface area (Å²) in [6.45, 7) is 1.46. The predicted molar refractivity (Wildman–Crippen MR) is 82.1 cm³/mol. The Labute approximate surface area is 124 Å². The van der Waals surface area contributed by atoms with Gasteiger partial charge in [-0.25, -0.2) is 0 Å². The van der Waals surface area contributed by atoms with Crippen molar-refractivity contribution < 1.29 is 9.53 Å². The van der Waals surface area contributed by atoms with Crippen LogP contribution in [0.15, 0.2) is 48.5 Å². The van der Waals surface area contributed by atoms with Crippen molar-refractivity contribution in [2.24, 2.45) is 5.73 Å². The standard InChI is InChI=1S/C17H18N2O2/c18-11-13-4-3-5-14(10-13)12-19-15-6-1-2-7-16(15)21-9-8-17(19)20/h1-7,10H,8-9,11-12,18H2. The summed E-state index contributed by atoms with van der Waals surface area (Å²) in [5, 5.41) is 0. The lowest BCUT2D eigenvalue weighted by Crippen LogP contribution is -2.29. The molecule has 1 aliphatic rings. The Hall–Kier alpha value is -2.33. The Kier molecular flexibility index (Phi) is 3.88. The quantitative estimate of drug-likeness (QED) is 0.941. The Morgan fingerprint density at radius 2 is 1.90 bits per heavy atom. The van der Waals surface area contributed by atoms with Gasteiger partial charge < -0.3 is 15.4 Å². The highest BCUT2D eigenvalue weighted by molar-refractivity contribution is 5.95. The van der Waals surface area contributed by atoms with Crippen molar-refractivity contribution in [2.45, 2.75) is 19.5 Å². The number of nitrogens with zero attached hydrogens (tertiary/aromatic N) is 1. The molecule has 0 saturated heterocycles. The molecule has 21 heavy (non-hydrogen) atoms. The van der Waals surface area contributed by atoms with E-state index in [9.17, 15) is 4.79 Å². The molecule has 0 radical (unpaired) electrons. The Morgan fingerprint density at radius 3 is 2.76 bits per heavy atom. The Morgan fingerprint density at radius 1 is 1.10 bits per heavy atom. The van der Waals surface area contributed by atoms with Crippen LogP contribution in [0, 0.1) is 0 Å². The van der Waals surface area contributed by atoms with Gasteiger partial charge in [-0.2, -0.15) is 0 Å². The third-order valence-electron chi connectivity index (χ3n) is 3.60. The number of hydrogen-bond donors (Lipinski definition) is 1. The third-order valence-corrected chi connectivity index (χ3v) is 3.60. The molecule has 2 aromatic rings. The van der Waals surface area contributed by atoms with E-state index >= 15 is 0 Å². The fraction of sp³-hybridized carbons (Fsp3) is 0.235. The first-order valence-electron chi connectivity index (χ1n) is 7.08. The van der Waals surface area contributed by atoms with Gasteiger partial charge in [-0.1, -0.05) is 36.4 Å². The molecular weight excluding hydrogens is 264 g/mol. The first-order valence-corrected chi connectivity index (χ1v) is 7.08. The van der Waals surface area contributed by atoms with Crippen molar-refractivity contribution in [1.82, 2.24) is 0 Å². The zero-order valence-corrected chi connectivity index (χ0v) is 11.8. The molecule has 0 fully saturated rings. The van der Waals surface area contributed by atoms with E-state index in [4.69, 9.17) is 10.5 Å². The fourth-order valence-electron chi connectivity index (χ4n) is 2.53. The smallest absolute Gasteiger partial charge is 0.230 e. The van der Waals surface area contributed by atoms with E-state index in [1.807, 2.05) is 48.5 Å². The topological polar surface area (TPSA) is 55.6 Å². The minimum Gasteiger partial charge on any atom is -0.491 e. The molecule has 0 atom stereocenters. The lowest BCUT2D eigenvalue weighted by Gasteiger charge is -2.22. The van der Waals surface area contributed by atoms with Gasteiger partial charge in [0.1, 0.15) is 5.75 Å². The predicted octanol–water partition coefficient (Wildman–Crippen LogP) is 2.46. The van der Waals surface area contributed by atoms with Crippen molar-refractivity contribution in [1.29, 1.82) is 0 Å². The molecule has 0 aliphatic carbocycles. The largest absolute Gasteiger partial charge is 0.491 e. The van der Waals surface area contributed by atoms with Gasteiger partial charge in [-0.15, -0.1) is 0 Å². The average molecular weight is 282 g/mol. The number of ether oxygens (including phenoxy) is 1. The molecule has 0 aromatic heterocycles.